The smallest absolute Gasteiger partial charge is 0.303 e. The molecule has 0 aromatic carbocycles. The van der Waals surface area contributed by atoms with Gasteiger partial charge in [0, 0.05) is 32.4 Å². The number of imidazole rings is 1. The summed E-state index contributed by atoms with van der Waals surface area (Å²) in [4.78, 5) is 33.4. The molecule has 0 atom stereocenters. The third-order valence-electron chi connectivity index (χ3n) is 6.46. The normalized spacial score (nSPS) is 15.4. The van der Waals surface area contributed by atoms with Crippen LogP contribution in [0.4, 0.5) is 0 Å². The second-order valence-corrected chi connectivity index (χ2v) is 8.24. The molecule has 162 valence electrons. The molecule has 1 aliphatic rings. The van der Waals surface area contributed by atoms with E-state index in [4.69, 9.17) is 0 Å². The van der Waals surface area contributed by atoms with Crippen LogP contribution >= 0.6 is 0 Å². The second-order valence-electron chi connectivity index (χ2n) is 8.24. The molecule has 4 rings (SSSR count). The lowest BCUT2D eigenvalue weighted by Gasteiger charge is -2.26. The van der Waals surface area contributed by atoms with Crippen molar-refractivity contribution in [2.75, 3.05) is 19.6 Å². The van der Waals surface area contributed by atoms with E-state index in [9.17, 15) is 9.59 Å². The van der Waals surface area contributed by atoms with Gasteiger partial charge in [-0.3, -0.25) is 13.9 Å². The fourth-order valence-electron chi connectivity index (χ4n) is 4.36. The van der Waals surface area contributed by atoms with Crippen LogP contribution in [-0.4, -0.2) is 53.0 Å². The lowest BCUT2D eigenvalue weighted by atomic mass is 10.1. The number of aromatic nitrogens is 6. The molecule has 0 saturated carbocycles. The third-order valence-corrected chi connectivity index (χ3v) is 6.46. The topological polar surface area (TPSA) is 82.9 Å². The van der Waals surface area contributed by atoms with Crippen LogP contribution in [0.1, 0.15) is 43.1 Å². The Labute approximate surface area is 175 Å². The molecular weight excluding hydrogens is 382 g/mol. The summed E-state index contributed by atoms with van der Waals surface area (Å²) in [6.45, 7) is 11.7. The van der Waals surface area contributed by atoms with Gasteiger partial charge in [0.05, 0.1) is 5.69 Å². The van der Waals surface area contributed by atoms with Crippen molar-refractivity contribution in [2.45, 2.75) is 60.0 Å². The van der Waals surface area contributed by atoms with E-state index in [1.807, 2.05) is 32.3 Å². The lowest BCUT2D eigenvalue weighted by Crippen LogP contribution is -2.43. The van der Waals surface area contributed by atoms with E-state index in [0.29, 0.717) is 36.7 Å². The van der Waals surface area contributed by atoms with Gasteiger partial charge < -0.3 is 9.47 Å². The molecule has 0 N–H and O–H groups in total. The standard InChI is InChI=1S/C21H31N7O2/c1-6-26-17-18(22-20(26)28-16(4)14(2)15(3)23-28)24(5)21(30)27(19(17)29)13-12-25-10-8-7-9-11-25/h6-13H2,1-5H3. The van der Waals surface area contributed by atoms with E-state index in [1.165, 1.54) is 28.4 Å². The van der Waals surface area contributed by atoms with E-state index >= 15 is 0 Å². The highest BCUT2D eigenvalue weighted by molar-refractivity contribution is 5.72. The molecule has 4 heterocycles. The summed E-state index contributed by atoms with van der Waals surface area (Å²) in [6.07, 6.45) is 3.62. The van der Waals surface area contributed by atoms with Crippen molar-refractivity contribution in [1.82, 2.24) is 33.4 Å². The Bertz CT molecular complexity index is 1210. The molecule has 30 heavy (non-hydrogen) atoms. The number of likely N-dealkylation sites (tertiary alicyclic amines) is 1. The first kappa shape index (κ1) is 20.6. The Hall–Kier alpha value is -2.68. The molecule has 9 heteroatoms. The van der Waals surface area contributed by atoms with Crippen molar-refractivity contribution in [3.8, 4) is 5.95 Å². The molecule has 9 nitrogen and oxygen atoms in total. The summed E-state index contributed by atoms with van der Waals surface area (Å²) >= 11 is 0. The number of hydrogen-bond acceptors (Lipinski definition) is 5. The Balaban J connectivity index is 1.85. The van der Waals surface area contributed by atoms with E-state index < -0.39 is 0 Å². The number of fused-ring (bicyclic) bond motifs is 1. The van der Waals surface area contributed by atoms with Gasteiger partial charge in [-0.25, -0.2) is 9.48 Å². The molecule has 1 fully saturated rings. The van der Waals surface area contributed by atoms with Crippen LogP contribution in [0.5, 0.6) is 0 Å². The summed E-state index contributed by atoms with van der Waals surface area (Å²) in [5.41, 5.74) is 3.27. The van der Waals surface area contributed by atoms with Gasteiger partial charge in [0.1, 0.15) is 0 Å². The maximum absolute atomic E-state index is 13.4. The van der Waals surface area contributed by atoms with Gasteiger partial charge in [-0.05, 0) is 59.2 Å². The van der Waals surface area contributed by atoms with Crippen LogP contribution in [0, 0.1) is 20.8 Å². The first-order valence-electron chi connectivity index (χ1n) is 10.8. The molecule has 0 aliphatic carbocycles. The first-order chi connectivity index (χ1) is 14.3. The number of nitrogens with zero attached hydrogens (tertiary/aromatic N) is 7. The second kappa shape index (κ2) is 7.86. The van der Waals surface area contributed by atoms with Crippen molar-refractivity contribution < 1.29 is 0 Å². The molecule has 0 radical (unpaired) electrons. The molecule has 1 saturated heterocycles. The fourth-order valence-corrected chi connectivity index (χ4v) is 4.36. The van der Waals surface area contributed by atoms with Gasteiger partial charge in [0.25, 0.3) is 5.56 Å². The SMILES string of the molecule is CCn1c(-n2nc(C)c(C)c2C)nc2c1c(=O)n(CCN1CCCCC1)c(=O)n2C. The lowest BCUT2D eigenvalue weighted by molar-refractivity contribution is 0.218. The molecule has 3 aromatic heterocycles. The Kier molecular flexibility index (Phi) is 5.40. The van der Waals surface area contributed by atoms with Crippen LogP contribution in [0.15, 0.2) is 9.59 Å². The maximum Gasteiger partial charge on any atom is 0.332 e. The Morgan fingerprint density at radius 2 is 1.67 bits per heavy atom. The third kappa shape index (κ3) is 3.21. The van der Waals surface area contributed by atoms with Crippen LogP contribution < -0.4 is 11.2 Å². The molecule has 0 spiro atoms. The summed E-state index contributed by atoms with van der Waals surface area (Å²) in [7, 11) is 1.69. The van der Waals surface area contributed by atoms with Gasteiger partial charge >= 0.3 is 5.69 Å². The van der Waals surface area contributed by atoms with E-state index in [0.717, 1.165) is 30.0 Å². The molecule has 3 aromatic rings. The first-order valence-corrected chi connectivity index (χ1v) is 10.8. The summed E-state index contributed by atoms with van der Waals surface area (Å²) in [5.74, 6) is 0.571. The number of piperidine rings is 1. The molecule has 0 bridgehead atoms. The number of aryl methyl sites for hydroxylation is 3. The Morgan fingerprint density at radius 1 is 0.967 bits per heavy atom. The minimum Gasteiger partial charge on any atom is -0.303 e. The van der Waals surface area contributed by atoms with Crippen LogP contribution in [-0.2, 0) is 20.1 Å². The van der Waals surface area contributed by atoms with E-state index in [-0.39, 0.29) is 11.2 Å². The van der Waals surface area contributed by atoms with Gasteiger partial charge in [0.15, 0.2) is 11.2 Å². The zero-order valence-electron chi connectivity index (χ0n) is 18.6. The predicted molar refractivity (Wildman–Crippen MR) is 117 cm³/mol. The molecular formula is C21H31N7O2. The summed E-state index contributed by atoms with van der Waals surface area (Å²) in [6, 6.07) is 0. The Morgan fingerprint density at radius 3 is 2.27 bits per heavy atom. The molecule has 0 amide bonds. The van der Waals surface area contributed by atoms with Crippen molar-refractivity contribution in [2.24, 2.45) is 7.05 Å². The summed E-state index contributed by atoms with van der Waals surface area (Å²) < 4.78 is 6.49. The highest BCUT2D eigenvalue weighted by Crippen LogP contribution is 2.19. The van der Waals surface area contributed by atoms with E-state index in [1.54, 1.807) is 11.7 Å². The molecule has 1 aliphatic heterocycles. The zero-order chi connectivity index (χ0) is 21.6. The minimum atomic E-state index is -0.318. The highest BCUT2D eigenvalue weighted by Gasteiger charge is 2.23. The van der Waals surface area contributed by atoms with Crippen LogP contribution in [0.3, 0.4) is 0 Å². The van der Waals surface area contributed by atoms with Gasteiger partial charge in [-0.15, -0.1) is 0 Å². The van der Waals surface area contributed by atoms with Gasteiger partial charge in [-0.1, -0.05) is 6.42 Å². The maximum atomic E-state index is 13.4. The summed E-state index contributed by atoms with van der Waals surface area (Å²) in [5, 5.41) is 4.62. The van der Waals surface area contributed by atoms with Crippen LogP contribution in [0.2, 0.25) is 0 Å². The van der Waals surface area contributed by atoms with Crippen molar-refractivity contribution in [3.63, 3.8) is 0 Å². The molecule has 0 unspecified atom stereocenters. The van der Waals surface area contributed by atoms with Crippen molar-refractivity contribution in [1.29, 1.82) is 0 Å². The fraction of sp³-hybridized carbons (Fsp3) is 0.619. The largest absolute Gasteiger partial charge is 0.332 e. The van der Waals surface area contributed by atoms with Gasteiger partial charge in [-0.2, -0.15) is 10.1 Å². The zero-order valence-corrected chi connectivity index (χ0v) is 18.6. The minimum absolute atomic E-state index is 0.274. The quantitative estimate of drug-likeness (QED) is 0.633. The predicted octanol–water partition coefficient (Wildman–Crippen LogP) is 1.51. The number of hydrogen-bond donors (Lipinski definition) is 0. The van der Waals surface area contributed by atoms with Gasteiger partial charge in [0.2, 0.25) is 5.95 Å². The number of rotatable bonds is 5. The monoisotopic (exact) mass is 413 g/mol. The van der Waals surface area contributed by atoms with E-state index in [2.05, 4.69) is 15.0 Å². The van der Waals surface area contributed by atoms with Crippen molar-refractivity contribution in [3.05, 3.63) is 37.8 Å². The van der Waals surface area contributed by atoms with Crippen molar-refractivity contribution >= 4 is 11.2 Å². The average Bonchev–Trinajstić information content (AvgIpc) is 3.26. The average molecular weight is 414 g/mol. The highest BCUT2D eigenvalue weighted by atomic mass is 16.2. The van der Waals surface area contributed by atoms with Crippen LogP contribution in [0.25, 0.3) is 17.1 Å².